The Morgan fingerprint density at radius 1 is 1.35 bits per heavy atom. The molecule has 0 saturated carbocycles. The molecule has 0 bridgehead atoms. The maximum atomic E-state index is 6.19. The van der Waals surface area contributed by atoms with Crippen molar-refractivity contribution < 1.29 is 0 Å². The van der Waals surface area contributed by atoms with Crippen LogP contribution in [-0.4, -0.2) is 15.0 Å². The van der Waals surface area contributed by atoms with Crippen LogP contribution in [0.15, 0.2) is 17.8 Å². The average Bonchev–Trinajstić information content (AvgIpc) is 2.97. The van der Waals surface area contributed by atoms with E-state index in [1.807, 2.05) is 0 Å². The lowest BCUT2D eigenvalue weighted by atomic mass is 10.3. The second kappa shape index (κ2) is 4.33. The quantitative estimate of drug-likeness (QED) is 0.666. The lowest BCUT2D eigenvalue weighted by Crippen LogP contribution is -1.87. The zero-order valence-corrected chi connectivity index (χ0v) is 11.4. The lowest BCUT2D eigenvalue weighted by Gasteiger charge is -1.97. The molecule has 0 spiro atoms. The van der Waals surface area contributed by atoms with E-state index in [1.54, 1.807) is 23.0 Å². The molecule has 17 heavy (non-hydrogen) atoms. The summed E-state index contributed by atoms with van der Waals surface area (Å²) < 4.78 is 0. The van der Waals surface area contributed by atoms with E-state index in [4.69, 9.17) is 11.6 Å². The van der Waals surface area contributed by atoms with Crippen LogP contribution in [0.2, 0.25) is 5.15 Å². The molecular formula is C11H8ClN3S2. The largest absolute Gasteiger partial charge is 0.252 e. The zero-order valence-electron chi connectivity index (χ0n) is 8.98. The van der Waals surface area contributed by atoms with Crippen LogP contribution in [0.1, 0.15) is 11.8 Å². The fraction of sp³-hybridized carbons (Fsp3) is 0.182. The molecule has 0 aliphatic carbocycles. The lowest BCUT2D eigenvalue weighted by molar-refractivity contribution is 1.19. The van der Waals surface area contributed by atoms with Crippen molar-refractivity contribution in [2.45, 2.75) is 13.3 Å². The van der Waals surface area contributed by atoms with E-state index in [1.165, 1.54) is 16.2 Å². The molecule has 0 N–H and O–H groups in total. The summed E-state index contributed by atoms with van der Waals surface area (Å²) in [6.07, 6.45) is 2.75. The Bertz CT molecular complexity index is 661. The summed E-state index contributed by atoms with van der Waals surface area (Å²) >= 11 is 9.38. The summed E-state index contributed by atoms with van der Waals surface area (Å²) in [5.74, 6) is 0.662. The number of halogens is 1. The van der Waals surface area contributed by atoms with Crippen molar-refractivity contribution in [3.8, 4) is 10.7 Å². The van der Waals surface area contributed by atoms with E-state index in [-0.39, 0.29) is 0 Å². The minimum atomic E-state index is 0.523. The van der Waals surface area contributed by atoms with Crippen molar-refractivity contribution >= 4 is 44.5 Å². The molecule has 3 heterocycles. The molecule has 0 atom stereocenters. The van der Waals surface area contributed by atoms with Crippen molar-refractivity contribution in [3.05, 3.63) is 27.8 Å². The van der Waals surface area contributed by atoms with Crippen molar-refractivity contribution in [3.63, 3.8) is 0 Å². The molecule has 0 fully saturated rings. The monoisotopic (exact) mass is 281 g/mol. The van der Waals surface area contributed by atoms with E-state index in [0.29, 0.717) is 11.0 Å². The highest BCUT2D eigenvalue weighted by Gasteiger charge is 2.11. The molecule has 3 aromatic rings. The van der Waals surface area contributed by atoms with Crippen molar-refractivity contribution in [2.75, 3.05) is 0 Å². The van der Waals surface area contributed by atoms with Crippen molar-refractivity contribution in [1.29, 1.82) is 0 Å². The van der Waals surface area contributed by atoms with Gasteiger partial charge in [0.15, 0.2) is 5.82 Å². The number of rotatable bonds is 2. The van der Waals surface area contributed by atoms with Gasteiger partial charge in [0.2, 0.25) is 0 Å². The molecular weight excluding hydrogens is 274 g/mol. The van der Waals surface area contributed by atoms with Crippen molar-refractivity contribution in [2.24, 2.45) is 0 Å². The SMILES string of the molecule is CCc1cc2c(Cl)nc(-c3cncs3)nc2s1. The molecule has 3 nitrogen and oxygen atoms in total. The first-order chi connectivity index (χ1) is 8.28. The van der Waals surface area contributed by atoms with Gasteiger partial charge in [-0.2, -0.15) is 0 Å². The van der Waals surface area contributed by atoms with E-state index >= 15 is 0 Å². The van der Waals surface area contributed by atoms with Gasteiger partial charge in [0, 0.05) is 16.5 Å². The molecule has 6 heteroatoms. The van der Waals surface area contributed by atoms with Gasteiger partial charge in [0.05, 0.1) is 10.4 Å². The number of aromatic nitrogens is 3. The summed E-state index contributed by atoms with van der Waals surface area (Å²) in [6, 6.07) is 2.07. The van der Waals surface area contributed by atoms with Crippen LogP contribution in [0.3, 0.4) is 0 Å². The highest BCUT2D eigenvalue weighted by molar-refractivity contribution is 7.18. The summed E-state index contributed by atoms with van der Waals surface area (Å²) in [4.78, 5) is 16.1. The van der Waals surface area contributed by atoms with E-state index < -0.39 is 0 Å². The topological polar surface area (TPSA) is 38.7 Å². The highest BCUT2D eigenvalue weighted by atomic mass is 35.5. The molecule has 86 valence electrons. The summed E-state index contributed by atoms with van der Waals surface area (Å²) in [5.41, 5.74) is 1.77. The molecule has 0 aliphatic rings. The second-order valence-corrected chi connectivity index (χ2v) is 5.85. The number of fused-ring (bicyclic) bond motifs is 1. The van der Waals surface area contributed by atoms with Crippen molar-refractivity contribution in [1.82, 2.24) is 15.0 Å². The Labute approximate surface area is 111 Å². The third kappa shape index (κ3) is 1.94. The van der Waals surface area contributed by atoms with E-state index in [2.05, 4.69) is 27.9 Å². The number of nitrogens with zero attached hydrogens (tertiary/aromatic N) is 3. The van der Waals surface area contributed by atoms with Crippen LogP contribution in [0, 0.1) is 0 Å². The minimum absolute atomic E-state index is 0.523. The minimum Gasteiger partial charge on any atom is -0.252 e. The van der Waals surface area contributed by atoms with E-state index in [9.17, 15) is 0 Å². The number of thiazole rings is 1. The van der Waals surface area contributed by atoms with Crippen LogP contribution in [0.5, 0.6) is 0 Å². The van der Waals surface area contributed by atoms with Crippen LogP contribution in [0.25, 0.3) is 20.9 Å². The van der Waals surface area contributed by atoms with Gasteiger partial charge in [-0.3, -0.25) is 4.98 Å². The summed E-state index contributed by atoms with van der Waals surface area (Å²) in [6.45, 7) is 2.12. The normalized spacial score (nSPS) is 11.2. The number of thiophene rings is 1. The maximum Gasteiger partial charge on any atom is 0.174 e. The number of hydrogen-bond acceptors (Lipinski definition) is 5. The van der Waals surface area contributed by atoms with Gasteiger partial charge in [-0.25, -0.2) is 9.97 Å². The zero-order chi connectivity index (χ0) is 11.8. The average molecular weight is 282 g/mol. The third-order valence-corrected chi connectivity index (χ3v) is 4.63. The van der Waals surface area contributed by atoms with Gasteiger partial charge >= 0.3 is 0 Å². The Kier molecular flexibility index (Phi) is 2.82. The van der Waals surface area contributed by atoms with Gasteiger partial charge in [-0.1, -0.05) is 18.5 Å². The molecule has 0 amide bonds. The van der Waals surface area contributed by atoms with E-state index in [0.717, 1.165) is 21.5 Å². The number of aryl methyl sites for hydroxylation is 1. The first-order valence-corrected chi connectivity index (χ1v) is 7.20. The standard InChI is InChI=1S/C11H8ClN3S2/c1-2-6-3-7-9(12)14-10(15-11(7)17-6)8-4-13-5-16-8/h3-5H,2H2,1H3. The molecule has 3 rings (SSSR count). The van der Waals surface area contributed by atoms with Gasteiger partial charge in [0.25, 0.3) is 0 Å². The predicted molar refractivity (Wildman–Crippen MR) is 72.9 cm³/mol. The van der Waals surface area contributed by atoms with Gasteiger partial charge in [-0.05, 0) is 12.5 Å². The Hall–Kier alpha value is -1.04. The molecule has 0 aliphatic heterocycles. The van der Waals surface area contributed by atoms with Crippen LogP contribution >= 0.6 is 34.3 Å². The molecule has 0 radical (unpaired) electrons. The summed E-state index contributed by atoms with van der Waals surface area (Å²) in [7, 11) is 0. The third-order valence-electron chi connectivity index (χ3n) is 2.40. The van der Waals surface area contributed by atoms with Crippen LogP contribution < -0.4 is 0 Å². The molecule has 0 aromatic carbocycles. The van der Waals surface area contributed by atoms with Gasteiger partial charge < -0.3 is 0 Å². The Balaban J connectivity index is 2.23. The maximum absolute atomic E-state index is 6.19. The smallest absolute Gasteiger partial charge is 0.174 e. The molecule has 3 aromatic heterocycles. The second-order valence-electron chi connectivity index (χ2n) is 3.49. The van der Waals surface area contributed by atoms with Gasteiger partial charge in [-0.15, -0.1) is 22.7 Å². The predicted octanol–water partition coefficient (Wildman–Crippen LogP) is 4.03. The van der Waals surface area contributed by atoms with Crippen LogP contribution in [0.4, 0.5) is 0 Å². The molecule has 0 unspecified atom stereocenters. The Morgan fingerprint density at radius 3 is 2.94 bits per heavy atom. The highest BCUT2D eigenvalue weighted by Crippen LogP contribution is 2.31. The fourth-order valence-electron chi connectivity index (χ4n) is 1.55. The van der Waals surface area contributed by atoms with Crippen LogP contribution in [-0.2, 0) is 6.42 Å². The first-order valence-electron chi connectivity index (χ1n) is 5.12. The first kappa shape index (κ1) is 11.1. The molecule has 0 saturated heterocycles. The Morgan fingerprint density at radius 2 is 2.24 bits per heavy atom. The fourth-order valence-corrected chi connectivity index (χ4v) is 3.35. The number of hydrogen-bond donors (Lipinski definition) is 0. The summed E-state index contributed by atoms with van der Waals surface area (Å²) in [5, 5.41) is 1.47. The van der Waals surface area contributed by atoms with Gasteiger partial charge in [0.1, 0.15) is 9.98 Å².